The second kappa shape index (κ2) is 6.55. The van der Waals surface area contributed by atoms with Crippen molar-refractivity contribution in [2.45, 2.75) is 38.8 Å². The molecule has 0 aliphatic carbocycles. The summed E-state index contributed by atoms with van der Waals surface area (Å²) >= 11 is 0. The van der Waals surface area contributed by atoms with E-state index in [0.717, 1.165) is 31.5 Å². The molecule has 2 aliphatic rings. The number of hydrogen-bond acceptors (Lipinski definition) is 3. The molecule has 2 heterocycles. The minimum atomic E-state index is -0.635. The summed E-state index contributed by atoms with van der Waals surface area (Å²) < 4.78 is 5.73. The molecule has 2 aliphatic heterocycles. The Bertz CT molecular complexity index is 614. The lowest BCUT2D eigenvalue weighted by atomic mass is 9.83. The molecule has 0 radical (unpaired) electrons. The lowest BCUT2D eigenvalue weighted by Crippen LogP contribution is -2.56. The third-order valence-electron chi connectivity index (χ3n) is 5.08. The zero-order chi connectivity index (χ0) is 17.3. The summed E-state index contributed by atoms with van der Waals surface area (Å²) in [7, 11) is 1.75. The van der Waals surface area contributed by atoms with Crippen molar-refractivity contribution in [3.63, 3.8) is 0 Å². The topological polar surface area (TPSA) is 49.9 Å². The van der Waals surface area contributed by atoms with Crippen molar-refractivity contribution in [1.82, 2.24) is 9.80 Å². The van der Waals surface area contributed by atoms with Crippen LogP contribution in [0.2, 0.25) is 0 Å². The zero-order valence-corrected chi connectivity index (χ0v) is 14.7. The first-order valence-corrected chi connectivity index (χ1v) is 8.60. The average molecular weight is 330 g/mol. The van der Waals surface area contributed by atoms with E-state index in [9.17, 15) is 9.59 Å². The summed E-state index contributed by atoms with van der Waals surface area (Å²) in [5.41, 5.74) is 1.06. The van der Waals surface area contributed by atoms with E-state index in [1.165, 1.54) is 0 Å². The van der Waals surface area contributed by atoms with Gasteiger partial charge < -0.3 is 14.5 Å². The van der Waals surface area contributed by atoms with Crippen LogP contribution in [0.3, 0.4) is 0 Å². The number of hydrogen-bond donors (Lipinski definition) is 0. The molecule has 2 amide bonds. The maximum absolute atomic E-state index is 13.1. The predicted octanol–water partition coefficient (Wildman–Crippen LogP) is 2.23. The second-order valence-electron chi connectivity index (χ2n) is 7.62. The smallest absolute Gasteiger partial charge is 0.254 e. The standard InChI is InChI=1S/C19H26N2O3/c1-19(2)10-7-11-21(13-19)18(23)17-16(14-8-5-4-6-9-14)20(3)15(22)12-24-17/h4-6,8-9,16-17H,7,10-13H2,1-3H3. The summed E-state index contributed by atoms with van der Waals surface area (Å²) in [6.45, 7) is 5.86. The van der Waals surface area contributed by atoms with Gasteiger partial charge in [-0.25, -0.2) is 0 Å². The third-order valence-corrected chi connectivity index (χ3v) is 5.08. The SMILES string of the molecule is CN1C(=O)COC(C(=O)N2CCCC(C)(C)C2)C1c1ccccc1. The highest BCUT2D eigenvalue weighted by Crippen LogP contribution is 2.33. The Morgan fingerprint density at radius 3 is 2.62 bits per heavy atom. The first kappa shape index (κ1) is 17.0. The quantitative estimate of drug-likeness (QED) is 0.835. The summed E-state index contributed by atoms with van der Waals surface area (Å²) in [6, 6.07) is 9.30. The monoisotopic (exact) mass is 330 g/mol. The van der Waals surface area contributed by atoms with Gasteiger partial charge in [0.15, 0.2) is 6.10 Å². The van der Waals surface area contributed by atoms with Crippen LogP contribution >= 0.6 is 0 Å². The lowest BCUT2D eigenvalue weighted by Gasteiger charge is -2.43. The van der Waals surface area contributed by atoms with Crippen LogP contribution in [-0.2, 0) is 14.3 Å². The number of nitrogens with zero attached hydrogens (tertiary/aromatic N) is 2. The number of likely N-dealkylation sites (tertiary alicyclic amines) is 1. The lowest BCUT2D eigenvalue weighted by molar-refractivity contribution is -0.169. The molecule has 5 heteroatoms. The molecule has 1 aromatic rings. The Kier molecular flexibility index (Phi) is 4.63. The first-order chi connectivity index (χ1) is 11.4. The summed E-state index contributed by atoms with van der Waals surface area (Å²) in [5, 5.41) is 0. The van der Waals surface area contributed by atoms with Crippen molar-refractivity contribution in [3.05, 3.63) is 35.9 Å². The molecule has 0 spiro atoms. The van der Waals surface area contributed by atoms with Crippen molar-refractivity contribution in [3.8, 4) is 0 Å². The van der Waals surface area contributed by atoms with E-state index < -0.39 is 6.10 Å². The fraction of sp³-hybridized carbons (Fsp3) is 0.579. The molecular weight excluding hydrogens is 304 g/mol. The van der Waals surface area contributed by atoms with E-state index in [4.69, 9.17) is 4.74 Å². The number of benzene rings is 1. The van der Waals surface area contributed by atoms with Gasteiger partial charge in [0.2, 0.25) is 5.91 Å². The van der Waals surface area contributed by atoms with Gasteiger partial charge in [-0.15, -0.1) is 0 Å². The first-order valence-electron chi connectivity index (χ1n) is 8.60. The van der Waals surface area contributed by atoms with Crippen LogP contribution in [0.15, 0.2) is 30.3 Å². The van der Waals surface area contributed by atoms with Crippen LogP contribution in [0.1, 0.15) is 38.3 Å². The van der Waals surface area contributed by atoms with Gasteiger partial charge in [-0.3, -0.25) is 9.59 Å². The van der Waals surface area contributed by atoms with Crippen LogP contribution < -0.4 is 0 Å². The Morgan fingerprint density at radius 1 is 1.25 bits per heavy atom. The average Bonchev–Trinajstić information content (AvgIpc) is 2.56. The normalized spacial score (nSPS) is 27.2. The Morgan fingerprint density at radius 2 is 1.96 bits per heavy atom. The highest BCUT2D eigenvalue weighted by molar-refractivity contribution is 5.86. The molecule has 0 saturated carbocycles. The molecule has 3 rings (SSSR count). The van der Waals surface area contributed by atoms with Gasteiger partial charge in [-0.1, -0.05) is 44.2 Å². The molecule has 0 bridgehead atoms. The maximum Gasteiger partial charge on any atom is 0.254 e. The Balaban J connectivity index is 1.86. The van der Waals surface area contributed by atoms with Crippen LogP contribution in [-0.4, -0.2) is 54.5 Å². The fourth-order valence-corrected chi connectivity index (χ4v) is 3.76. The number of ether oxygens (including phenoxy) is 1. The van der Waals surface area contributed by atoms with E-state index in [1.54, 1.807) is 11.9 Å². The number of piperidine rings is 1. The minimum Gasteiger partial charge on any atom is -0.356 e. The van der Waals surface area contributed by atoms with Gasteiger partial charge in [0.1, 0.15) is 6.61 Å². The molecule has 130 valence electrons. The van der Waals surface area contributed by atoms with Crippen LogP contribution in [0, 0.1) is 5.41 Å². The molecular formula is C19H26N2O3. The van der Waals surface area contributed by atoms with Gasteiger partial charge in [-0.2, -0.15) is 0 Å². The van der Waals surface area contributed by atoms with Crippen molar-refractivity contribution in [2.24, 2.45) is 5.41 Å². The van der Waals surface area contributed by atoms with Gasteiger partial charge in [0, 0.05) is 20.1 Å². The summed E-state index contributed by atoms with van der Waals surface area (Å²) in [4.78, 5) is 28.8. The molecule has 2 unspecified atom stereocenters. The van der Waals surface area contributed by atoms with Gasteiger partial charge in [0.25, 0.3) is 5.91 Å². The third kappa shape index (κ3) is 3.31. The Hall–Kier alpha value is -1.88. The molecule has 24 heavy (non-hydrogen) atoms. The van der Waals surface area contributed by atoms with Crippen LogP contribution in [0.5, 0.6) is 0 Å². The molecule has 0 aromatic heterocycles. The van der Waals surface area contributed by atoms with E-state index in [0.29, 0.717) is 0 Å². The Labute approximate surface area is 143 Å². The molecule has 2 saturated heterocycles. The maximum atomic E-state index is 13.1. The molecule has 5 nitrogen and oxygen atoms in total. The molecule has 2 atom stereocenters. The highest BCUT2D eigenvalue weighted by atomic mass is 16.5. The van der Waals surface area contributed by atoms with Crippen molar-refractivity contribution in [1.29, 1.82) is 0 Å². The minimum absolute atomic E-state index is 0.00372. The van der Waals surface area contributed by atoms with E-state index in [-0.39, 0.29) is 29.9 Å². The highest BCUT2D eigenvalue weighted by Gasteiger charge is 2.43. The zero-order valence-electron chi connectivity index (χ0n) is 14.7. The van der Waals surface area contributed by atoms with E-state index >= 15 is 0 Å². The number of rotatable bonds is 2. The molecule has 0 N–H and O–H groups in total. The molecule has 2 fully saturated rings. The van der Waals surface area contributed by atoms with Crippen molar-refractivity contribution in [2.75, 3.05) is 26.7 Å². The number of carbonyl (C=O) groups excluding carboxylic acids is 2. The number of morpholine rings is 1. The fourth-order valence-electron chi connectivity index (χ4n) is 3.76. The second-order valence-corrected chi connectivity index (χ2v) is 7.62. The molecule has 1 aromatic carbocycles. The van der Waals surface area contributed by atoms with Crippen molar-refractivity contribution < 1.29 is 14.3 Å². The van der Waals surface area contributed by atoms with E-state index in [1.807, 2.05) is 35.2 Å². The van der Waals surface area contributed by atoms with Crippen LogP contribution in [0.4, 0.5) is 0 Å². The van der Waals surface area contributed by atoms with Crippen molar-refractivity contribution >= 4 is 11.8 Å². The largest absolute Gasteiger partial charge is 0.356 e. The number of carbonyl (C=O) groups is 2. The number of amides is 2. The van der Waals surface area contributed by atoms with Crippen LogP contribution in [0.25, 0.3) is 0 Å². The number of likely N-dealkylation sites (N-methyl/N-ethyl adjacent to an activating group) is 1. The van der Waals surface area contributed by atoms with Gasteiger partial charge in [0.05, 0.1) is 6.04 Å². The van der Waals surface area contributed by atoms with Gasteiger partial charge >= 0.3 is 0 Å². The summed E-state index contributed by atoms with van der Waals surface area (Å²) in [6.07, 6.45) is 1.50. The predicted molar refractivity (Wildman–Crippen MR) is 91.3 cm³/mol. The van der Waals surface area contributed by atoms with Gasteiger partial charge in [-0.05, 0) is 23.8 Å². The summed E-state index contributed by atoms with van der Waals surface area (Å²) in [5.74, 6) is -0.0946. The van der Waals surface area contributed by atoms with E-state index in [2.05, 4.69) is 13.8 Å².